The molecule has 0 unspecified atom stereocenters. The Hall–Kier alpha value is -2.31. The summed E-state index contributed by atoms with van der Waals surface area (Å²) in [5, 5.41) is 2.34. The quantitative estimate of drug-likeness (QED) is 0.891. The van der Waals surface area contributed by atoms with Gasteiger partial charge in [0.05, 0.1) is 6.54 Å². The Morgan fingerprint density at radius 3 is 2.27 bits per heavy atom. The van der Waals surface area contributed by atoms with Crippen molar-refractivity contribution >= 4 is 11.6 Å². The zero-order valence-electron chi connectivity index (χ0n) is 14.8. The van der Waals surface area contributed by atoms with Gasteiger partial charge in [0.15, 0.2) is 0 Å². The van der Waals surface area contributed by atoms with Gasteiger partial charge < -0.3 is 5.32 Å². The average Bonchev–Trinajstić information content (AvgIpc) is 2.60. The fourth-order valence-electron chi connectivity index (χ4n) is 3.17. The molecule has 1 aliphatic heterocycles. The second-order valence-electron chi connectivity index (χ2n) is 6.69. The second-order valence-corrected chi connectivity index (χ2v) is 6.69. The van der Waals surface area contributed by atoms with Crippen LogP contribution in [0.1, 0.15) is 11.1 Å². The molecule has 1 N–H and O–H groups in total. The molecule has 0 atom stereocenters. The SMILES string of the molecule is Cc1cccc(CN2CCN(CC(=O)Nc3c(F)cccc3F)CC2)c1. The number of para-hydroxylation sites is 1. The second kappa shape index (κ2) is 8.38. The summed E-state index contributed by atoms with van der Waals surface area (Å²) in [5.41, 5.74) is 2.15. The van der Waals surface area contributed by atoms with Gasteiger partial charge in [0.2, 0.25) is 5.91 Å². The first kappa shape index (κ1) is 18.5. The van der Waals surface area contributed by atoms with Crippen molar-refractivity contribution in [2.45, 2.75) is 13.5 Å². The normalized spacial score (nSPS) is 15.8. The Bertz CT molecular complexity index is 753. The van der Waals surface area contributed by atoms with E-state index < -0.39 is 17.5 Å². The highest BCUT2D eigenvalue weighted by atomic mass is 19.1. The number of anilines is 1. The highest BCUT2D eigenvalue weighted by molar-refractivity contribution is 5.92. The zero-order valence-corrected chi connectivity index (χ0v) is 14.8. The van der Waals surface area contributed by atoms with Crippen molar-refractivity contribution < 1.29 is 13.6 Å². The minimum Gasteiger partial charge on any atom is -0.320 e. The van der Waals surface area contributed by atoms with Crippen molar-refractivity contribution in [1.82, 2.24) is 9.80 Å². The van der Waals surface area contributed by atoms with E-state index in [-0.39, 0.29) is 12.2 Å². The van der Waals surface area contributed by atoms with Gasteiger partial charge in [-0.1, -0.05) is 35.9 Å². The molecule has 0 aromatic heterocycles. The predicted octanol–water partition coefficient (Wildman–Crippen LogP) is 3.03. The third-order valence-corrected chi connectivity index (χ3v) is 4.55. The largest absolute Gasteiger partial charge is 0.320 e. The number of rotatable bonds is 5. The van der Waals surface area contributed by atoms with Gasteiger partial charge in [-0.25, -0.2) is 8.78 Å². The number of piperazine rings is 1. The number of aryl methyl sites for hydroxylation is 1. The maximum Gasteiger partial charge on any atom is 0.238 e. The highest BCUT2D eigenvalue weighted by Crippen LogP contribution is 2.18. The van der Waals surface area contributed by atoms with Gasteiger partial charge in [-0.3, -0.25) is 14.6 Å². The number of halogens is 2. The molecule has 0 aliphatic carbocycles. The van der Waals surface area contributed by atoms with Crippen molar-refractivity contribution in [3.8, 4) is 0 Å². The Balaban J connectivity index is 1.47. The zero-order chi connectivity index (χ0) is 18.5. The summed E-state index contributed by atoms with van der Waals surface area (Å²) >= 11 is 0. The van der Waals surface area contributed by atoms with E-state index >= 15 is 0 Å². The Kier molecular flexibility index (Phi) is 5.96. The van der Waals surface area contributed by atoms with E-state index in [1.807, 2.05) is 4.90 Å². The topological polar surface area (TPSA) is 35.6 Å². The summed E-state index contributed by atoms with van der Waals surface area (Å²) in [5.74, 6) is -1.93. The number of amides is 1. The molecule has 6 heteroatoms. The number of hydrogen-bond donors (Lipinski definition) is 1. The maximum absolute atomic E-state index is 13.6. The lowest BCUT2D eigenvalue weighted by Gasteiger charge is -2.34. The van der Waals surface area contributed by atoms with Crippen LogP contribution in [0, 0.1) is 18.6 Å². The first-order valence-corrected chi connectivity index (χ1v) is 8.75. The van der Waals surface area contributed by atoms with Crippen LogP contribution < -0.4 is 5.32 Å². The lowest BCUT2D eigenvalue weighted by molar-refractivity contribution is -0.117. The number of nitrogens with zero attached hydrogens (tertiary/aromatic N) is 2. The summed E-state index contributed by atoms with van der Waals surface area (Å²) in [6.45, 7) is 6.31. The maximum atomic E-state index is 13.6. The molecule has 0 bridgehead atoms. The molecule has 138 valence electrons. The van der Waals surface area contributed by atoms with Crippen LogP contribution in [0.5, 0.6) is 0 Å². The van der Waals surface area contributed by atoms with E-state index in [1.54, 1.807) is 0 Å². The molecular weight excluding hydrogens is 336 g/mol. The van der Waals surface area contributed by atoms with Gasteiger partial charge in [0.25, 0.3) is 0 Å². The lowest BCUT2D eigenvalue weighted by atomic mass is 10.1. The van der Waals surface area contributed by atoms with Crippen LogP contribution in [0.2, 0.25) is 0 Å². The van der Waals surface area contributed by atoms with Crippen LogP contribution in [0.3, 0.4) is 0 Å². The summed E-state index contributed by atoms with van der Waals surface area (Å²) in [6.07, 6.45) is 0. The number of carbonyl (C=O) groups excluding carboxylic acids is 1. The van der Waals surface area contributed by atoms with Crippen molar-refractivity contribution in [2.75, 3.05) is 38.0 Å². The molecule has 4 nitrogen and oxygen atoms in total. The molecule has 26 heavy (non-hydrogen) atoms. The van der Waals surface area contributed by atoms with E-state index in [1.165, 1.54) is 17.2 Å². The van der Waals surface area contributed by atoms with Gasteiger partial charge in [-0.15, -0.1) is 0 Å². The van der Waals surface area contributed by atoms with Crippen LogP contribution in [-0.2, 0) is 11.3 Å². The summed E-state index contributed by atoms with van der Waals surface area (Å²) < 4.78 is 27.2. The molecule has 0 saturated carbocycles. The number of nitrogens with one attached hydrogen (secondary N) is 1. The van der Waals surface area contributed by atoms with E-state index in [9.17, 15) is 13.6 Å². The lowest BCUT2D eigenvalue weighted by Crippen LogP contribution is -2.48. The van der Waals surface area contributed by atoms with E-state index in [2.05, 4.69) is 41.4 Å². The van der Waals surface area contributed by atoms with Crippen LogP contribution in [-0.4, -0.2) is 48.4 Å². The Morgan fingerprint density at radius 2 is 1.62 bits per heavy atom. The van der Waals surface area contributed by atoms with E-state index in [0.29, 0.717) is 0 Å². The van der Waals surface area contributed by atoms with Crippen LogP contribution in [0.25, 0.3) is 0 Å². The molecule has 1 aliphatic rings. The Morgan fingerprint density at radius 1 is 1.00 bits per heavy atom. The molecule has 1 heterocycles. The molecule has 1 amide bonds. The number of benzene rings is 2. The van der Waals surface area contributed by atoms with Crippen molar-refractivity contribution in [3.63, 3.8) is 0 Å². The van der Waals surface area contributed by atoms with Crippen LogP contribution in [0.15, 0.2) is 42.5 Å². The van der Waals surface area contributed by atoms with Gasteiger partial charge in [0, 0.05) is 32.7 Å². The van der Waals surface area contributed by atoms with Gasteiger partial charge in [-0.2, -0.15) is 0 Å². The first-order chi connectivity index (χ1) is 12.5. The van der Waals surface area contributed by atoms with E-state index in [0.717, 1.165) is 44.9 Å². The molecule has 3 rings (SSSR count). The highest BCUT2D eigenvalue weighted by Gasteiger charge is 2.20. The smallest absolute Gasteiger partial charge is 0.238 e. The third-order valence-electron chi connectivity index (χ3n) is 4.55. The van der Waals surface area contributed by atoms with Crippen LogP contribution >= 0.6 is 0 Å². The first-order valence-electron chi connectivity index (χ1n) is 8.75. The van der Waals surface area contributed by atoms with Gasteiger partial charge in [0.1, 0.15) is 17.3 Å². The van der Waals surface area contributed by atoms with Crippen molar-refractivity contribution in [1.29, 1.82) is 0 Å². The fourth-order valence-corrected chi connectivity index (χ4v) is 3.17. The van der Waals surface area contributed by atoms with E-state index in [4.69, 9.17) is 0 Å². The summed E-state index contributed by atoms with van der Waals surface area (Å²) in [7, 11) is 0. The van der Waals surface area contributed by atoms with Crippen LogP contribution in [0.4, 0.5) is 14.5 Å². The monoisotopic (exact) mass is 359 g/mol. The molecule has 2 aromatic carbocycles. The molecule has 2 aromatic rings. The standard InChI is InChI=1S/C20H23F2N3O/c1-15-4-2-5-16(12-15)13-24-8-10-25(11-9-24)14-19(26)23-20-17(21)6-3-7-18(20)22/h2-7,12H,8-11,13-14H2,1H3,(H,23,26). The van der Waals surface area contributed by atoms with Gasteiger partial charge >= 0.3 is 0 Å². The Labute approximate surface area is 152 Å². The average molecular weight is 359 g/mol. The molecule has 1 fully saturated rings. The number of hydrogen-bond acceptors (Lipinski definition) is 3. The molecule has 0 radical (unpaired) electrons. The summed E-state index contributed by atoms with van der Waals surface area (Å²) in [6, 6.07) is 12.0. The van der Waals surface area contributed by atoms with Crippen molar-refractivity contribution in [3.05, 3.63) is 65.2 Å². The molecule has 0 spiro atoms. The number of carbonyl (C=O) groups is 1. The van der Waals surface area contributed by atoms with Crippen molar-refractivity contribution in [2.24, 2.45) is 0 Å². The molecule has 1 saturated heterocycles. The minimum absolute atomic E-state index is 0.131. The summed E-state index contributed by atoms with van der Waals surface area (Å²) in [4.78, 5) is 16.4. The molecular formula is C20H23F2N3O. The minimum atomic E-state index is -0.763. The predicted molar refractivity (Wildman–Crippen MR) is 97.9 cm³/mol. The third kappa shape index (κ3) is 4.86. The van der Waals surface area contributed by atoms with Gasteiger partial charge in [-0.05, 0) is 24.6 Å². The fraction of sp³-hybridized carbons (Fsp3) is 0.350.